The average molecular weight is 239 g/mol. The van der Waals surface area contributed by atoms with Crippen molar-refractivity contribution in [1.82, 2.24) is 0 Å². The molecular formula is C13H21NOS. The lowest BCUT2D eigenvalue weighted by Gasteiger charge is -2.09. The van der Waals surface area contributed by atoms with Crippen LogP contribution >= 0.6 is 11.8 Å². The van der Waals surface area contributed by atoms with Gasteiger partial charge in [-0.05, 0) is 24.2 Å². The first-order valence-corrected chi connectivity index (χ1v) is 6.79. The molecule has 16 heavy (non-hydrogen) atoms. The third-order valence-electron chi connectivity index (χ3n) is 2.41. The Hall–Kier alpha value is -0.830. The van der Waals surface area contributed by atoms with E-state index in [1.807, 2.05) is 23.9 Å². The second-order valence-electron chi connectivity index (χ2n) is 4.31. The average Bonchev–Trinajstić information content (AvgIpc) is 2.25. The lowest BCUT2D eigenvalue weighted by Crippen LogP contribution is -1.95. The van der Waals surface area contributed by atoms with Crippen LogP contribution in [0.1, 0.15) is 25.8 Å². The fourth-order valence-electron chi connectivity index (χ4n) is 1.38. The van der Waals surface area contributed by atoms with Crippen molar-refractivity contribution in [3.63, 3.8) is 0 Å². The molecule has 0 saturated heterocycles. The third kappa shape index (κ3) is 4.35. The Morgan fingerprint density at radius 3 is 2.75 bits per heavy atom. The summed E-state index contributed by atoms with van der Waals surface area (Å²) in [6.45, 7) is 4.51. The number of nitrogens with two attached hydrogens (primary N) is 1. The molecule has 0 bridgehead atoms. The molecule has 2 nitrogen and oxygen atoms in total. The number of nitrogen functional groups attached to an aromatic ring is 1. The number of benzene rings is 1. The predicted molar refractivity (Wildman–Crippen MR) is 73.0 cm³/mol. The topological polar surface area (TPSA) is 35.2 Å². The minimum absolute atomic E-state index is 0.757. The van der Waals surface area contributed by atoms with Gasteiger partial charge < -0.3 is 10.5 Å². The minimum Gasteiger partial charge on any atom is -0.496 e. The predicted octanol–water partition coefficient (Wildman–Crippen LogP) is 3.56. The number of hydrogen-bond acceptors (Lipinski definition) is 3. The van der Waals surface area contributed by atoms with Gasteiger partial charge in [-0.15, -0.1) is 0 Å². The first kappa shape index (κ1) is 13.2. The molecule has 0 aliphatic carbocycles. The van der Waals surface area contributed by atoms with Gasteiger partial charge in [0.25, 0.3) is 0 Å². The van der Waals surface area contributed by atoms with Crippen LogP contribution in [0, 0.1) is 5.92 Å². The molecule has 0 saturated carbocycles. The molecule has 0 heterocycles. The van der Waals surface area contributed by atoms with Crippen molar-refractivity contribution in [3.8, 4) is 5.75 Å². The van der Waals surface area contributed by atoms with Crippen molar-refractivity contribution in [2.24, 2.45) is 5.92 Å². The van der Waals surface area contributed by atoms with Gasteiger partial charge in [-0.25, -0.2) is 0 Å². The summed E-state index contributed by atoms with van der Waals surface area (Å²) in [5.74, 6) is 3.87. The number of methoxy groups -OCH3 is 1. The van der Waals surface area contributed by atoms with Crippen LogP contribution in [-0.4, -0.2) is 12.9 Å². The Morgan fingerprint density at radius 1 is 1.38 bits per heavy atom. The normalized spacial score (nSPS) is 10.8. The Labute approximate surface area is 103 Å². The molecule has 3 heteroatoms. The highest BCUT2D eigenvalue weighted by molar-refractivity contribution is 7.98. The van der Waals surface area contributed by atoms with E-state index in [-0.39, 0.29) is 0 Å². The van der Waals surface area contributed by atoms with Crippen LogP contribution in [0.3, 0.4) is 0 Å². The van der Waals surface area contributed by atoms with Crippen molar-refractivity contribution in [2.45, 2.75) is 26.0 Å². The number of rotatable bonds is 6. The fourth-order valence-corrected chi connectivity index (χ4v) is 2.62. The van der Waals surface area contributed by atoms with Gasteiger partial charge in [0.05, 0.1) is 7.11 Å². The Balaban J connectivity index is 2.47. The quantitative estimate of drug-likeness (QED) is 0.609. The Morgan fingerprint density at radius 2 is 2.12 bits per heavy atom. The van der Waals surface area contributed by atoms with Crippen LogP contribution in [0.15, 0.2) is 18.2 Å². The van der Waals surface area contributed by atoms with Gasteiger partial charge in [0.15, 0.2) is 0 Å². The number of anilines is 1. The molecule has 0 amide bonds. The molecule has 1 rings (SSSR count). The molecule has 0 spiro atoms. The summed E-state index contributed by atoms with van der Waals surface area (Å²) in [5.41, 5.74) is 7.70. The maximum absolute atomic E-state index is 5.71. The Kier molecular flexibility index (Phi) is 5.53. The van der Waals surface area contributed by atoms with Crippen molar-refractivity contribution in [1.29, 1.82) is 0 Å². The fraction of sp³-hybridized carbons (Fsp3) is 0.538. The van der Waals surface area contributed by atoms with Gasteiger partial charge in [0.1, 0.15) is 5.75 Å². The monoisotopic (exact) mass is 239 g/mol. The van der Waals surface area contributed by atoms with Gasteiger partial charge in [-0.1, -0.05) is 19.9 Å². The molecular weight excluding hydrogens is 218 g/mol. The summed E-state index contributed by atoms with van der Waals surface area (Å²) in [5, 5.41) is 0. The molecule has 0 radical (unpaired) electrons. The summed E-state index contributed by atoms with van der Waals surface area (Å²) in [7, 11) is 1.69. The smallest absolute Gasteiger partial charge is 0.124 e. The first-order valence-electron chi connectivity index (χ1n) is 5.63. The van der Waals surface area contributed by atoms with Crippen LogP contribution in [0.2, 0.25) is 0 Å². The van der Waals surface area contributed by atoms with Crippen LogP contribution in [0.5, 0.6) is 5.75 Å². The Bertz CT molecular complexity index is 326. The summed E-state index contributed by atoms with van der Waals surface area (Å²) < 4.78 is 5.31. The minimum atomic E-state index is 0.757. The molecule has 0 aliphatic rings. The highest BCUT2D eigenvalue weighted by Crippen LogP contribution is 2.26. The van der Waals surface area contributed by atoms with Crippen LogP contribution < -0.4 is 10.5 Å². The van der Waals surface area contributed by atoms with E-state index in [2.05, 4.69) is 19.9 Å². The van der Waals surface area contributed by atoms with Gasteiger partial charge in [0.2, 0.25) is 0 Å². The largest absolute Gasteiger partial charge is 0.496 e. The summed E-state index contributed by atoms with van der Waals surface area (Å²) in [4.78, 5) is 0. The molecule has 0 aliphatic heterocycles. The molecule has 1 aromatic carbocycles. The van der Waals surface area contributed by atoms with E-state index >= 15 is 0 Å². The second kappa shape index (κ2) is 6.69. The molecule has 0 fully saturated rings. The molecule has 0 atom stereocenters. The van der Waals surface area contributed by atoms with E-state index in [0.29, 0.717) is 0 Å². The molecule has 0 unspecified atom stereocenters. The lowest BCUT2D eigenvalue weighted by atomic mass is 10.2. The van der Waals surface area contributed by atoms with Crippen LogP contribution in [0.25, 0.3) is 0 Å². The SMILES string of the molecule is COc1cc(N)ccc1CSCCC(C)C. The van der Waals surface area contributed by atoms with E-state index in [4.69, 9.17) is 10.5 Å². The molecule has 1 aromatic rings. The first-order chi connectivity index (χ1) is 7.63. The molecule has 90 valence electrons. The van der Waals surface area contributed by atoms with Gasteiger partial charge >= 0.3 is 0 Å². The van der Waals surface area contributed by atoms with Crippen molar-refractivity contribution < 1.29 is 4.74 Å². The van der Waals surface area contributed by atoms with E-state index in [9.17, 15) is 0 Å². The van der Waals surface area contributed by atoms with E-state index < -0.39 is 0 Å². The maximum atomic E-state index is 5.71. The highest BCUT2D eigenvalue weighted by atomic mass is 32.2. The summed E-state index contributed by atoms with van der Waals surface area (Å²) >= 11 is 1.95. The van der Waals surface area contributed by atoms with Gasteiger partial charge in [0, 0.05) is 23.1 Å². The maximum Gasteiger partial charge on any atom is 0.124 e. The van der Waals surface area contributed by atoms with Crippen LogP contribution in [-0.2, 0) is 5.75 Å². The zero-order valence-electron chi connectivity index (χ0n) is 10.3. The second-order valence-corrected chi connectivity index (χ2v) is 5.41. The van der Waals surface area contributed by atoms with Crippen LogP contribution in [0.4, 0.5) is 5.69 Å². The van der Waals surface area contributed by atoms with Crippen molar-refractivity contribution in [2.75, 3.05) is 18.6 Å². The highest BCUT2D eigenvalue weighted by Gasteiger charge is 2.03. The van der Waals surface area contributed by atoms with E-state index in [1.165, 1.54) is 17.7 Å². The van der Waals surface area contributed by atoms with Crippen molar-refractivity contribution >= 4 is 17.4 Å². The zero-order chi connectivity index (χ0) is 12.0. The zero-order valence-corrected chi connectivity index (χ0v) is 11.1. The molecule has 2 N–H and O–H groups in total. The lowest BCUT2D eigenvalue weighted by molar-refractivity contribution is 0.411. The number of thioether (sulfide) groups is 1. The van der Waals surface area contributed by atoms with E-state index in [0.717, 1.165) is 23.1 Å². The van der Waals surface area contributed by atoms with Crippen molar-refractivity contribution in [3.05, 3.63) is 23.8 Å². The summed E-state index contributed by atoms with van der Waals surface area (Å²) in [6.07, 6.45) is 1.27. The molecule has 0 aromatic heterocycles. The number of ether oxygens (including phenoxy) is 1. The van der Waals surface area contributed by atoms with Gasteiger partial charge in [-0.3, -0.25) is 0 Å². The standard InChI is InChI=1S/C13H21NOS/c1-10(2)6-7-16-9-11-4-5-12(14)8-13(11)15-3/h4-5,8,10H,6-7,9,14H2,1-3H3. The van der Waals surface area contributed by atoms with E-state index in [1.54, 1.807) is 7.11 Å². The summed E-state index contributed by atoms with van der Waals surface area (Å²) in [6, 6.07) is 5.87. The third-order valence-corrected chi connectivity index (χ3v) is 3.45. The van der Waals surface area contributed by atoms with Gasteiger partial charge in [-0.2, -0.15) is 11.8 Å². The number of hydrogen-bond donors (Lipinski definition) is 1.